The summed E-state index contributed by atoms with van der Waals surface area (Å²) in [5.41, 5.74) is 5.83. The van der Waals surface area contributed by atoms with Crippen molar-refractivity contribution in [2.24, 2.45) is 5.73 Å². The van der Waals surface area contributed by atoms with Crippen molar-refractivity contribution in [1.29, 1.82) is 0 Å². The Morgan fingerprint density at radius 3 is 2.12 bits per heavy atom. The molecular formula is C10H9Cl4NO. The summed E-state index contributed by atoms with van der Waals surface area (Å²) in [4.78, 5) is 10.9. The first-order valence-electron chi connectivity index (χ1n) is 4.41. The molecule has 0 fully saturated rings. The molecule has 0 bridgehead atoms. The Labute approximate surface area is 114 Å². The molecule has 0 saturated heterocycles. The molecular weight excluding hydrogens is 292 g/mol. The molecule has 1 atom stereocenters. The first-order chi connectivity index (χ1) is 7.30. The number of primary amides is 1. The van der Waals surface area contributed by atoms with Crippen LogP contribution in [-0.4, -0.2) is 9.70 Å². The van der Waals surface area contributed by atoms with Gasteiger partial charge in [-0.2, -0.15) is 0 Å². The average Bonchev–Trinajstić information content (AvgIpc) is 2.14. The van der Waals surface area contributed by atoms with Gasteiger partial charge in [0.05, 0.1) is 0 Å². The minimum absolute atomic E-state index is 0.0296. The molecule has 2 nitrogen and oxygen atoms in total. The number of benzene rings is 1. The molecule has 0 aliphatic rings. The molecule has 0 aliphatic carbocycles. The van der Waals surface area contributed by atoms with E-state index in [0.29, 0.717) is 10.6 Å². The van der Waals surface area contributed by atoms with Crippen molar-refractivity contribution in [3.63, 3.8) is 0 Å². The molecule has 1 aromatic carbocycles. The van der Waals surface area contributed by atoms with Crippen LogP contribution in [0.1, 0.15) is 17.9 Å². The fourth-order valence-electron chi connectivity index (χ4n) is 1.32. The summed E-state index contributed by atoms with van der Waals surface area (Å²) in [6, 6.07) is 6.75. The molecule has 0 heterocycles. The fourth-order valence-corrected chi connectivity index (χ4v) is 2.05. The number of carbonyl (C=O) groups is 1. The van der Waals surface area contributed by atoms with Gasteiger partial charge in [0, 0.05) is 17.4 Å². The summed E-state index contributed by atoms with van der Waals surface area (Å²) in [6.45, 7) is 0. The zero-order valence-corrected chi connectivity index (χ0v) is 11.1. The van der Waals surface area contributed by atoms with Crippen LogP contribution >= 0.6 is 46.4 Å². The highest BCUT2D eigenvalue weighted by molar-refractivity contribution is 6.68. The predicted molar refractivity (Wildman–Crippen MR) is 68.3 cm³/mol. The highest BCUT2D eigenvalue weighted by Crippen LogP contribution is 2.43. The quantitative estimate of drug-likeness (QED) is 0.850. The Kier molecular flexibility index (Phi) is 4.74. The standard InChI is InChI=1S/C10H9Cl4NO/c11-7-3-1-6(2-4-7)8(5-9(15)16)10(12,13)14/h1-4,8H,5H2,(H2,15,16). The Hall–Kier alpha value is -0.150. The van der Waals surface area contributed by atoms with Crippen molar-refractivity contribution in [3.05, 3.63) is 34.9 Å². The minimum atomic E-state index is -1.58. The molecule has 0 spiro atoms. The van der Waals surface area contributed by atoms with Crippen LogP contribution in [0.3, 0.4) is 0 Å². The van der Waals surface area contributed by atoms with Crippen LogP contribution in [0.5, 0.6) is 0 Å². The number of hydrogen-bond acceptors (Lipinski definition) is 1. The number of alkyl halides is 3. The van der Waals surface area contributed by atoms with Crippen molar-refractivity contribution >= 4 is 52.3 Å². The number of nitrogens with two attached hydrogens (primary N) is 1. The van der Waals surface area contributed by atoms with Gasteiger partial charge < -0.3 is 5.73 Å². The lowest BCUT2D eigenvalue weighted by molar-refractivity contribution is -0.118. The Balaban J connectivity index is 3.01. The molecule has 0 saturated carbocycles. The Bertz CT molecular complexity index is 371. The van der Waals surface area contributed by atoms with E-state index in [4.69, 9.17) is 52.1 Å². The maximum atomic E-state index is 10.9. The van der Waals surface area contributed by atoms with E-state index in [1.54, 1.807) is 24.3 Å². The second-order valence-corrected chi connectivity index (χ2v) is 6.12. The molecule has 88 valence electrons. The molecule has 1 aromatic rings. The third-order valence-electron chi connectivity index (χ3n) is 2.07. The Morgan fingerprint density at radius 1 is 1.25 bits per heavy atom. The van der Waals surface area contributed by atoms with Gasteiger partial charge in [-0.25, -0.2) is 0 Å². The number of carbonyl (C=O) groups excluding carboxylic acids is 1. The third kappa shape index (κ3) is 4.02. The van der Waals surface area contributed by atoms with Gasteiger partial charge in [-0.1, -0.05) is 58.5 Å². The molecule has 1 unspecified atom stereocenters. The van der Waals surface area contributed by atoms with Crippen molar-refractivity contribution < 1.29 is 4.79 Å². The van der Waals surface area contributed by atoms with Gasteiger partial charge in [0.1, 0.15) is 0 Å². The maximum Gasteiger partial charge on any atom is 0.218 e. The van der Waals surface area contributed by atoms with Crippen LogP contribution in [0, 0.1) is 0 Å². The summed E-state index contributed by atoms with van der Waals surface area (Å²) in [5, 5.41) is 0.575. The van der Waals surface area contributed by atoms with E-state index in [-0.39, 0.29) is 6.42 Å². The Morgan fingerprint density at radius 2 is 1.75 bits per heavy atom. The second-order valence-electron chi connectivity index (χ2n) is 3.32. The van der Waals surface area contributed by atoms with Crippen molar-refractivity contribution in [2.45, 2.75) is 16.1 Å². The molecule has 16 heavy (non-hydrogen) atoms. The van der Waals surface area contributed by atoms with Gasteiger partial charge in [-0.3, -0.25) is 4.79 Å². The van der Waals surface area contributed by atoms with Gasteiger partial charge >= 0.3 is 0 Å². The lowest BCUT2D eigenvalue weighted by Crippen LogP contribution is -2.24. The smallest absolute Gasteiger partial charge is 0.218 e. The van der Waals surface area contributed by atoms with E-state index in [9.17, 15) is 4.79 Å². The summed E-state index contributed by atoms with van der Waals surface area (Å²) in [5.74, 6) is -1.10. The second kappa shape index (κ2) is 5.46. The maximum absolute atomic E-state index is 10.9. The first kappa shape index (κ1) is 13.9. The van der Waals surface area contributed by atoms with Crippen molar-refractivity contribution in [2.75, 3.05) is 0 Å². The molecule has 1 amide bonds. The normalized spacial score (nSPS) is 13.5. The average molecular weight is 301 g/mol. The lowest BCUT2D eigenvalue weighted by atomic mass is 9.97. The predicted octanol–water partition coefficient (Wildman–Crippen LogP) is 3.67. The van der Waals surface area contributed by atoms with E-state index >= 15 is 0 Å². The van der Waals surface area contributed by atoms with Gasteiger partial charge in [0.25, 0.3) is 0 Å². The van der Waals surface area contributed by atoms with Crippen LogP contribution in [0.4, 0.5) is 0 Å². The van der Waals surface area contributed by atoms with E-state index in [1.807, 2.05) is 0 Å². The van der Waals surface area contributed by atoms with Crippen LogP contribution in [0.25, 0.3) is 0 Å². The zero-order chi connectivity index (χ0) is 12.3. The topological polar surface area (TPSA) is 43.1 Å². The highest BCUT2D eigenvalue weighted by Gasteiger charge is 2.34. The molecule has 0 aromatic heterocycles. The summed E-state index contributed by atoms with van der Waals surface area (Å²) in [6.07, 6.45) is -0.0296. The van der Waals surface area contributed by atoms with Crippen molar-refractivity contribution in [1.82, 2.24) is 0 Å². The number of rotatable bonds is 3. The van der Waals surface area contributed by atoms with Crippen LogP contribution in [0.2, 0.25) is 5.02 Å². The van der Waals surface area contributed by atoms with Gasteiger partial charge in [-0.05, 0) is 17.7 Å². The summed E-state index contributed by atoms with van der Waals surface area (Å²) in [7, 11) is 0. The van der Waals surface area contributed by atoms with Gasteiger partial charge in [-0.15, -0.1) is 0 Å². The number of halogens is 4. The molecule has 6 heteroatoms. The van der Waals surface area contributed by atoms with Crippen LogP contribution in [0.15, 0.2) is 24.3 Å². The molecule has 0 radical (unpaired) electrons. The largest absolute Gasteiger partial charge is 0.370 e. The number of hydrogen-bond donors (Lipinski definition) is 1. The zero-order valence-electron chi connectivity index (χ0n) is 8.09. The lowest BCUT2D eigenvalue weighted by Gasteiger charge is -2.23. The molecule has 0 aliphatic heterocycles. The summed E-state index contributed by atoms with van der Waals surface area (Å²) >= 11 is 23.2. The monoisotopic (exact) mass is 299 g/mol. The highest BCUT2D eigenvalue weighted by atomic mass is 35.6. The molecule has 2 N–H and O–H groups in total. The summed E-state index contributed by atoms with van der Waals surface area (Å²) < 4.78 is -1.58. The van der Waals surface area contributed by atoms with Crippen LogP contribution in [-0.2, 0) is 4.79 Å². The van der Waals surface area contributed by atoms with E-state index in [1.165, 1.54) is 0 Å². The van der Waals surface area contributed by atoms with Crippen molar-refractivity contribution in [3.8, 4) is 0 Å². The first-order valence-corrected chi connectivity index (χ1v) is 5.92. The van der Waals surface area contributed by atoms with E-state index < -0.39 is 15.6 Å². The fraction of sp³-hybridized carbons (Fsp3) is 0.300. The molecule has 1 rings (SSSR count). The number of amides is 1. The van der Waals surface area contributed by atoms with Gasteiger partial charge in [0.15, 0.2) is 3.79 Å². The minimum Gasteiger partial charge on any atom is -0.370 e. The van der Waals surface area contributed by atoms with E-state index in [0.717, 1.165) is 0 Å². The third-order valence-corrected chi connectivity index (χ3v) is 3.12. The van der Waals surface area contributed by atoms with Crippen LogP contribution < -0.4 is 5.73 Å². The van der Waals surface area contributed by atoms with Gasteiger partial charge in [0.2, 0.25) is 5.91 Å². The van der Waals surface area contributed by atoms with E-state index in [2.05, 4.69) is 0 Å². The SMILES string of the molecule is NC(=O)CC(c1ccc(Cl)cc1)C(Cl)(Cl)Cl.